The molecule has 0 spiro atoms. The second kappa shape index (κ2) is 10.1. The van der Waals surface area contributed by atoms with Crippen LogP contribution in [-0.2, 0) is 11.3 Å². The van der Waals surface area contributed by atoms with Crippen molar-refractivity contribution < 1.29 is 14.3 Å². The maximum absolute atomic E-state index is 13.4. The van der Waals surface area contributed by atoms with Gasteiger partial charge in [-0.2, -0.15) is 10.2 Å². The van der Waals surface area contributed by atoms with Crippen molar-refractivity contribution in [3.8, 4) is 17.0 Å². The molecule has 0 aliphatic carbocycles. The number of amides is 1. The van der Waals surface area contributed by atoms with Gasteiger partial charge in [0.15, 0.2) is 5.69 Å². The Balaban J connectivity index is 1.33. The molecule has 3 heterocycles. The summed E-state index contributed by atoms with van der Waals surface area (Å²) in [4.78, 5) is 25.7. The zero-order valence-corrected chi connectivity index (χ0v) is 20.9. The summed E-state index contributed by atoms with van der Waals surface area (Å²) >= 11 is 0. The molecule has 3 aromatic carbocycles. The molecule has 1 unspecified atom stereocenters. The predicted octanol–water partition coefficient (Wildman–Crippen LogP) is 4.63. The second-order valence-corrected chi connectivity index (χ2v) is 9.32. The van der Waals surface area contributed by atoms with E-state index >= 15 is 0 Å². The Hall–Kier alpha value is -4.50. The number of benzene rings is 3. The molecule has 9 nitrogen and oxygen atoms in total. The number of anilines is 1. The van der Waals surface area contributed by atoms with Gasteiger partial charge in [-0.1, -0.05) is 36.4 Å². The van der Waals surface area contributed by atoms with Crippen molar-refractivity contribution in [2.45, 2.75) is 19.9 Å². The minimum absolute atomic E-state index is 0.252. The first-order chi connectivity index (χ1) is 18.6. The topological polar surface area (TPSA) is 111 Å². The lowest BCUT2D eigenvalue weighted by molar-refractivity contribution is 0.102. The first kappa shape index (κ1) is 23.9. The van der Waals surface area contributed by atoms with Crippen molar-refractivity contribution in [3.63, 3.8) is 0 Å². The van der Waals surface area contributed by atoms with Gasteiger partial charge in [-0.3, -0.25) is 14.3 Å². The Kier molecular flexibility index (Phi) is 6.35. The molecular weight excluding hydrogens is 482 g/mol. The highest BCUT2D eigenvalue weighted by Crippen LogP contribution is 2.35. The number of rotatable bonds is 7. The van der Waals surface area contributed by atoms with Crippen LogP contribution >= 0.6 is 0 Å². The van der Waals surface area contributed by atoms with Gasteiger partial charge < -0.3 is 14.8 Å². The number of hydrogen-bond acceptors (Lipinski definition) is 6. The molecule has 1 amide bonds. The standard InChI is InChI=1S/C29H27N5O4/c1-2-38-25-15-19(11-12-23(25)26-20-7-3-4-8-21(20)28(35)32-31-26)30-29(36)27-22-9-5-6-10-24(22)34(33-27)16-18-13-14-37-17-18/h3-12,15,18H,2,13-14,16-17H2,1H3,(H,30,36)(H,32,35). The van der Waals surface area contributed by atoms with Crippen molar-refractivity contribution in [2.24, 2.45) is 5.92 Å². The zero-order valence-electron chi connectivity index (χ0n) is 20.9. The molecule has 5 aromatic rings. The Bertz CT molecular complexity index is 1700. The van der Waals surface area contributed by atoms with E-state index in [4.69, 9.17) is 9.47 Å². The molecule has 0 radical (unpaired) electrons. The smallest absolute Gasteiger partial charge is 0.276 e. The molecule has 6 rings (SSSR count). The Morgan fingerprint density at radius 2 is 1.89 bits per heavy atom. The van der Waals surface area contributed by atoms with Crippen LogP contribution in [0, 0.1) is 5.92 Å². The first-order valence-electron chi connectivity index (χ1n) is 12.7. The van der Waals surface area contributed by atoms with Gasteiger partial charge in [0, 0.05) is 47.2 Å². The van der Waals surface area contributed by atoms with Gasteiger partial charge in [-0.05, 0) is 37.6 Å². The Morgan fingerprint density at radius 1 is 1.11 bits per heavy atom. The van der Waals surface area contributed by atoms with Crippen LogP contribution in [0.15, 0.2) is 71.5 Å². The lowest BCUT2D eigenvalue weighted by Crippen LogP contribution is -2.16. The number of nitrogens with one attached hydrogen (secondary N) is 2. The summed E-state index contributed by atoms with van der Waals surface area (Å²) < 4.78 is 13.4. The number of para-hydroxylation sites is 1. The van der Waals surface area contributed by atoms with Crippen molar-refractivity contribution in [3.05, 3.63) is 82.8 Å². The van der Waals surface area contributed by atoms with Crippen LogP contribution in [0.4, 0.5) is 5.69 Å². The van der Waals surface area contributed by atoms with Gasteiger partial charge in [0.25, 0.3) is 11.5 Å². The van der Waals surface area contributed by atoms with Gasteiger partial charge >= 0.3 is 0 Å². The molecule has 0 bridgehead atoms. The van der Waals surface area contributed by atoms with E-state index in [-0.39, 0.29) is 11.5 Å². The van der Waals surface area contributed by atoms with E-state index in [1.807, 2.05) is 60.1 Å². The third-order valence-electron chi connectivity index (χ3n) is 6.82. The highest BCUT2D eigenvalue weighted by atomic mass is 16.5. The largest absolute Gasteiger partial charge is 0.493 e. The molecule has 192 valence electrons. The highest BCUT2D eigenvalue weighted by Gasteiger charge is 2.22. The van der Waals surface area contributed by atoms with Gasteiger partial charge in [-0.15, -0.1) is 0 Å². The maximum Gasteiger partial charge on any atom is 0.276 e. The first-order valence-corrected chi connectivity index (χ1v) is 12.7. The molecule has 0 saturated carbocycles. The molecule has 9 heteroatoms. The molecule has 38 heavy (non-hydrogen) atoms. The average molecular weight is 510 g/mol. The molecule has 1 aliphatic rings. The zero-order chi connectivity index (χ0) is 26.1. The second-order valence-electron chi connectivity index (χ2n) is 9.32. The summed E-state index contributed by atoms with van der Waals surface area (Å²) in [7, 11) is 0. The number of ether oxygens (including phenoxy) is 2. The van der Waals surface area contributed by atoms with Gasteiger partial charge in [0.2, 0.25) is 0 Å². The maximum atomic E-state index is 13.4. The Labute approximate surface area is 218 Å². The predicted molar refractivity (Wildman–Crippen MR) is 146 cm³/mol. The van der Waals surface area contributed by atoms with Crippen molar-refractivity contribution in [1.29, 1.82) is 0 Å². The van der Waals surface area contributed by atoms with Crippen LogP contribution in [0.1, 0.15) is 23.8 Å². The summed E-state index contributed by atoms with van der Waals surface area (Å²) in [5, 5.41) is 16.6. The van der Waals surface area contributed by atoms with Crippen LogP contribution in [0.2, 0.25) is 0 Å². The third kappa shape index (κ3) is 4.41. The number of hydrogen-bond donors (Lipinski definition) is 2. The van der Waals surface area contributed by atoms with E-state index in [2.05, 4.69) is 20.6 Å². The van der Waals surface area contributed by atoms with E-state index < -0.39 is 0 Å². The van der Waals surface area contributed by atoms with Crippen molar-refractivity contribution in [1.82, 2.24) is 20.0 Å². The normalized spacial score (nSPS) is 15.2. The van der Waals surface area contributed by atoms with Crippen molar-refractivity contribution in [2.75, 3.05) is 25.1 Å². The van der Waals surface area contributed by atoms with Gasteiger partial charge in [0.05, 0.1) is 24.1 Å². The number of fused-ring (bicyclic) bond motifs is 2. The molecule has 1 saturated heterocycles. The molecule has 2 aromatic heterocycles. The number of carbonyl (C=O) groups excluding carboxylic acids is 1. The van der Waals surface area contributed by atoms with E-state index in [0.717, 1.165) is 29.3 Å². The minimum atomic E-state index is -0.301. The van der Waals surface area contributed by atoms with E-state index in [0.29, 0.717) is 59.5 Å². The number of H-pyrrole nitrogens is 1. The lowest BCUT2D eigenvalue weighted by Gasteiger charge is -2.13. The quantitative estimate of drug-likeness (QED) is 0.331. The fourth-order valence-corrected chi connectivity index (χ4v) is 4.99. The third-order valence-corrected chi connectivity index (χ3v) is 6.82. The minimum Gasteiger partial charge on any atom is -0.493 e. The SMILES string of the molecule is CCOc1cc(NC(=O)c2nn(CC3CCOC3)c3ccccc23)ccc1-c1n[nH]c(=O)c2ccccc12. The summed E-state index contributed by atoms with van der Waals surface area (Å²) in [5.41, 5.74) is 2.92. The molecule has 1 atom stereocenters. The van der Waals surface area contributed by atoms with Crippen LogP contribution in [-0.4, -0.2) is 45.7 Å². The van der Waals surface area contributed by atoms with E-state index in [9.17, 15) is 9.59 Å². The van der Waals surface area contributed by atoms with Crippen molar-refractivity contribution >= 4 is 33.3 Å². The van der Waals surface area contributed by atoms with E-state index in [1.54, 1.807) is 18.2 Å². The van der Waals surface area contributed by atoms with Crippen LogP contribution in [0.3, 0.4) is 0 Å². The average Bonchev–Trinajstić information content (AvgIpc) is 3.58. The number of carbonyl (C=O) groups is 1. The van der Waals surface area contributed by atoms with Crippen LogP contribution in [0.25, 0.3) is 32.9 Å². The van der Waals surface area contributed by atoms with Gasteiger partial charge in [-0.25, -0.2) is 5.10 Å². The summed E-state index contributed by atoms with van der Waals surface area (Å²) in [6, 6.07) is 20.5. The number of nitrogens with zero attached hydrogens (tertiary/aromatic N) is 3. The fraction of sp³-hybridized carbons (Fsp3) is 0.241. The van der Waals surface area contributed by atoms with Gasteiger partial charge in [0.1, 0.15) is 11.4 Å². The fourth-order valence-electron chi connectivity index (χ4n) is 4.99. The lowest BCUT2D eigenvalue weighted by atomic mass is 10.0. The molecule has 2 N–H and O–H groups in total. The van der Waals surface area contributed by atoms with Crippen LogP contribution in [0.5, 0.6) is 5.75 Å². The monoisotopic (exact) mass is 509 g/mol. The summed E-state index contributed by atoms with van der Waals surface area (Å²) in [6.07, 6.45) is 0.988. The highest BCUT2D eigenvalue weighted by molar-refractivity contribution is 6.11. The molecule has 1 aliphatic heterocycles. The van der Waals surface area contributed by atoms with E-state index in [1.165, 1.54) is 0 Å². The molecular formula is C29H27N5O4. The summed E-state index contributed by atoms with van der Waals surface area (Å²) in [6.45, 7) is 4.49. The number of aromatic amines is 1. The van der Waals surface area contributed by atoms with Crippen LogP contribution < -0.4 is 15.6 Å². The molecule has 1 fully saturated rings. The number of aromatic nitrogens is 4. The summed E-state index contributed by atoms with van der Waals surface area (Å²) in [5.74, 6) is 0.630. The Morgan fingerprint density at radius 3 is 2.68 bits per heavy atom.